The molecule has 0 saturated heterocycles. The zero-order chi connectivity index (χ0) is 20.6. The topological polar surface area (TPSA) is 81.8 Å². The Kier molecular flexibility index (Phi) is 5.94. The minimum atomic E-state index is -4.57. The van der Waals surface area contributed by atoms with Gasteiger partial charge in [-0.3, -0.25) is 4.68 Å². The van der Waals surface area contributed by atoms with E-state index in [4.69, 9.17) is 0 Å². The molecule has 2 heterocycles. The summed E-state index contributed by atoms with van der Waals surface area (Å²) in [6.07, 6.45) is -3.75. The second-order valence-electron chi connectivity index (χ2n) is 6.12. The Morgan fingerprint density at radius 2 is 1.89 bits per heavy atom. The molecule has 0 unspecified atom stereocenters. The molecule has 7 nitrogen and oxygen atoms in total. The van der Waals surface area contributed by atoms with Gasteiger partial charge in [0.15, 0.2) is 5.69 Å². The first-order valence-electron chi connectivity index (χ1n) is 7.76. The maximum atomic E-state index is 12.7. The molecule has 1 N–H and O–H groups in total. The summed E-state index contributed by atoms with van der Waals surface area (Å²) in [4.78, 5) is -0.385. The molecule has 0 spiro atoms. The SMILES string of the molecule is Cc1cc(C(F)(F)F)nn1C[C@H](C)CNS(=O)(=O)c1cnn(C(F)F)c1C. The minimum absolute atomic E-state index is 0.0414. The van der Waals surface area contributed by atoms with E-state index in [2.05, 4.69) is 14.9 Å². The number of rotatable bonds is 7. The third-order valence-electron chi connectivity index (χ3n) is 3.85. The molecule has 152 valence electrons. The van der Waals surface area contributed by atoms with Crippen molar-refractivity contribution >= 4 is 10.0 Å². The highest BCUT2D eigenvalue weighted by atomic mass is 32.2. The zero-order valence-electron chi connectivity index (χ0n) is 14.6. The van der Waals surface area contributed by atoms with Gasteiger partial charge in [-0.15, -0.1) is 0 Å². The molecule has 2 aromatic heterocycles. The molecule has 0 amide bonds. The molecule has 0 aliphatic rings. The fourth-order valence-electron chi connectivity index (χ4n) is 2.39. The van der Waals surface area contributed by atoms with E-state index in [0.717, 1.165) is 16.9 Å². The van der Waals surface area contributed by atoms with Crippen LogP contribution in [0.1, 0.15) is 30.6 Å². The normalized spacial score (nSPS) is 14.1. The molecule has 2 aromatic rings. The quantitative estimate of drug-likeness (QED) is 0.705. The molecule has 0 aliphatic carbocycles. The summed E-state index contributed by atoms with van der Waals surface area (Å²) in [5, 5.41) is 6.82. The first kappa shape index (κ1) is 21.3. The zero-order valence-corrected chi connectivity index (χ0v) is 15.4. The minimum Gasteiger partial charge on any atom is -0.269 e. The van der Waals surface area contributed by atoms with Gasteiger partial charge in [-0.05, 0) is 25.8 Å². The molecular weight excluding hydrogens is 397 g/mol. The van der Waals surface area contributed by atoms with Gasteiger partial charge in [0, 0.05) is 18.8 Å². The van der Waals surface area contributed by atoms with Crippen LogP contribution in [0.25, 0.3) is 0 Å². The van der Waals surface area contributed by atoms with Gasteiger partial charge in [0.05, 0.1) is 11.9 Å². The van der Waals surface area contributed by atoms with Crippen LogP contribution in [0.3, 0.4) is 0 Å². The molecular formula is C14H18F5N5O2S. The van der Waals surface area contributed by atoms with Crippen LogP contribution in [0.4, 0.5) is 22.0 Å². The van der Waals surface area contributed by atoms with Gasteiger partial charge in [0.1, 0.15) is 4.90 Å². The third kappa shape index (κ3) is 4.83. The number of aromatic nitrogens is 4. The fourth-order valence-corrected chi connectivity index (χ4v) is 3.72. The van der Waals surface area contributed by atoms with Gasteiger partial charge in [0.25, 0.3) is 0 Å². The van der Waals surface area contributed by atoms with Gasteiger partial charge in [0.2, 0.25) is 10.0 Å². The Morgan fingerprint density at radius 3 is 2.37 bits per heavy atom. The van der Waals surface area contributed by atoms with E-state index in [1.54, 1.807) is 6.92 Å². The molecule has 0 radical (unpaired) electrons. The Labute approximate surface area is 152 Å². The van der Waals surface area contributed by atoms with Gasteiger partial charge >= 0.3 is 12.7 Å². The molecule has 27 heavy (non-hydrogen) atoms. The number of sulfonamides is 1. The van der Waals surface area contributed by atoms with Crippen molar-refractivity contribution in [3.05, 3.63) is 29.3 Å². The van der Waals surface area contributed by atoms with Gasteiger partial charge in [-0.25, -0.2) is 17.8 Å². The predicted molar refractivity (Wildman–Crippen MR) is 84.5 cm³/mol. The van der Waals surface area contributed by atoms with Crippen molar-refractivity contribution in [3.8, 4) is 0 Å². The molecule has 0 fully saturated rings. The van der Waals surface area contributed by atoms with E-state index in [1.807, 2.05) is 0 Å². The average molecular weight is 415 g/mol. The second-order valence-corrected chi connectivity index (χ2v) is 7.86. The monoisotopic (exact) mass is 415 g/mol. The number of alkyl halides is 5. The summed E-state index contributed by atoms with van der Waals surface area (Å²) in [5.41, 5.74) is -0.961. The third-order valence-corrected chi connectivity index (χ3v) is 5.38. The number of nitrogens with one attached hydrogen (secondary N) is 1. The van der Waals surface area contributed by atoms with Crippen molar-refractivity contribution in [1.29, 1.82) is 0 Å². The van der Waals surface area contributed by atoms with Crippen molar-refractivity contribution in [2.75, 3.05) is 6.54 Å². The van der Waals surface area contributed by atoms with E-state index in [0.29, 0.717) is 0 Å². The highest BCUT2D eigenvalue weighted by Gasteiger charge is 2.34. The molecule has 0 aliphatic heterocycles. The number of hydrogen-bond acceptors (Lipinski definition) is 4. The molecule has 2 rings (SSSR count). The summed E-state index contributed by atoms with van der Waals surface area (Å²) >= 11 is 0. The lowest BCUT2D eigenvalue weighted by atomic mass is 10.2. The Bertz CT molecular complexity index is 904. The number of hydrogen-bond donors (Lipinski definition) is 1. The van der Waals surface area contributed by atoms with E-state index in [-0.39, 0.29) is 34.1 Å². The summed E-state index contributed by atoms with van der Waals surface area (Å²) in [7, 11) is -4.10. The summed E-state index contributed by atoms with van der Waals surface area (Å²) in [5.74, 6) is -0.412. The maximum Gasteiger partial charge on any atom is 0.435 e. The molecule has 1 atom stereocenters. The lowest BCUT2D eigenvalue weighted by Gasteiger charge is -2.14. The largest absolute Gasteiger partial charge is 0.435 e. The van der Waals surface area contributed by atoms with Crippen LogP contribution in [0, 0.1) is 19.8 Å². The van der Waals surface area contributed by atoms with Gasteiger partial charge < -0.3 is 0 Å². The first-order chi connectivity index (χ1) is 12.3. The Morgan fingerprint density at radius 1 is 1.26 bits per heavy atom. The summed E-state index contributed by atoms with van der Waals surface area (Å²) < 4.78 is 91.7. The molecule has 0 aromatic carbocycles. The second kappa shape index (κ2) is 7.54. The van der Waals surface area contributed by atoms with Crippen molar-refractivity contribution in [1.82, 2.24) is 24.3 Å². The Balaban J connectivity index is 2.05. The number of aryl methyl sites for hydroxylation is 1. The van der Waals surface area contributed by atoms with Crippen LogP contribution < -0.4 is 4.72 Å². The van der Waals surface area contributed by atoms with E-state index >= 15 is 0 Å². The molecule has 0 saturated carbocycles. The van der Waals surface area contributed by atoms with Crippen LogP contribution in [0.15, 0.2) is 17.2 Å². The Hall–Kier alpha value is -2.02. The van der Waals surface area contributed by atoms with Crippen molar-refractivity contribution in [2.24, 2.45) is 5.92 Å². The standard InChI is InChI=1S/C14H18F5N5O2S/c1-8(7-23-9(2)4-12(22-23)14(17,18)19)5-21-27(25,26)11-6-20-24(10(11)3)13(15)16/h4,6,8,13,21H,5,7H2,1-3H3/t8-/m1/s1. The average Bonchev–Trinajstić information content (AvgIpc) is 3.09. The smallest absolute Gasteiger partial charge is 0.269 e. The number of halogens is 5. The van der Waals surface area contributed by atoms with Crippen molar-refractivity contribution in [2.45, 2.75) is 44.9 Å². The first-order valence-corrected chi connectivity index (χ1v) is 9.24. The van der Waals surface area contributed by atoms with Gasteiger partial charge in [-0.2, -0.15) is 32.1 Å². The molecule has 13 heteroatoms. The van der Waals surface area contributed by atoms with Crippen LogP contribution in [0.2, 0.25) is 0 Å². The van der Waals surface area contributed by atoms with Crippen LogP contribution in [-0.4, -0.2) is 34.5 Å². The van der Waals surface area contributed by atoms with E-state index < -0.39 is 34.4 Å². The van der Waals surface area contributed by atoms with Crippen molar-refractivity contribution in [3.63, 3.8) is 0 Å². The van der Waals surface area contributed by atoms with Crippen LogP contribution >= 0.6 is 0 Å². The number of nitrogens with zero attached hydrogens (tertiary/aromatic N) is 4. The molecule has 0 bridgehead atoms. The van der Waals surface area contributed by atoms with Crippen LogP contribution in [-0.2, 0) is 22.7 Å². The lowest BCUT2D eigenvalue weighted by Crippen LogP contribution is -2.30. The summed E-state index contributed by atoms with van der Waals surface area (Å²) in [6.45, 7) is 1.22. The lowest BCUT2D eigenvalue weighted by molar-refractivity contribution is -0.141. The maximum absolute atomic E-state index is 12.7. The highest BCUT2D eigenvalue weighted by Crippen LogP contribution is 2.28. The fraction of sp³-hybridized carbons (Fsp3) is 0.571. The summed E-state index contributed by atoms with van der Waals surface area (Å²) in [6, 6.07) is 0.902. The highest BCUT2D eigenvalue weighted by molar-refractivity contribution is 7.89. The van der Waals surface area contributed by atoms with Crippen molar-refractivity contribution < 1.29 is 30.4 Å². The van der Waals surface area contributed by atoms with E-state index in [1.165, 1.54) is 13.8 Å². The van der Waals surface area contributed by atoms with Gasteiger partial charge in [-0.1, -0.05) is 6.92 Å². The van der Waals surface area contributed by atoms with Crippen LogP contribution in [0.5, 0.6) is 0 Å². The predicted octanol–water partition coefficient (Wildman–Crippen LogP) is 2.72. The van der Waals surface area contributed by atoms with E-state index in [9.17, 15) is 30.4 Å².